The number of rotatable bonds is 5. The minimum Gasteiger partial charge on any atom is -0.497 e. The highest BCUT2D eigenvalue weighted by molar-refractivity contribution is 6.07. The monoisotopic (exact) mass is 342 g/mol. The number of amides is 3. The van der Waals surface area contributed by atoms with Gasteiger partial charge in [-0.2, -0.15) is 0 Å². The van der Waals surface area contributed by atoms with Crippen molar-refractivity contribution >= 4 is 11.9 Å². The van der Waals surface area contributed by atoms with Crippen LogP contribution in [0.4, 0.5) is 9.18 Å². The number of nitrogens with one attached hydrogen (secondary N) is 1. The first kappa shape index (κ1) is 17.0. The number of imide groups is 1. The van der Waals surface area contributed by atoms with Crippen molar-refractivity contribution in [2.45, 2.75) is 25.4 Å². The third-order valence-corrected chi connectivity index (χ3v) is 4.52. The van der Waals surface area contributed by atoms with Crippen LogP contribution >= 0.6 is 0 Å². The number of ether oxygens (including phenoxy) is 1. The molecule has 1 heterocycles. The lowest BCUT2D eigenvalue weighted by Gasteiger charge is -2.26. The average Bonchev–Trinajstić information content (AvgIpc) is 2.87. The molecule has 25 heavy (non-hydrogen) atoms. The summed E-state index contributed by atoms with van der Waals surface area (Å²) in [5.74, 6) is -0.0701. The molecule has 1 atom stereocenters. The summed E-state index contributed by atoms with van der Waals surface area (Å²) in [6.07, 6.45) is 0.406. The van der Waals surface area contributed by atoms with Gasteiger partial charge in [0.25, 0.3) is 5.91 Å². The van der Waals surface area contributed by atoms with E-state index < -0.39 is 17.4 Å². The molecule has 6 heteroatoms. The molecule has 3 amide bonds. The summed E-state index contributed by atoms with van der Waals surface area (Å²) in [5.41, 5.74) is 0.137. The van der Waals surface area contributed by atoms with Crippen LogP contribution in [-0.2, 0) is 16.9 Å². The maximum Gasteiger partial charge on any atom is 0.325 e. The third kappa shape index (κ3) is 2.95. The van der Waals surface area contributed by atoms with E-state index in [0.717, 1.165) is 4.90 Å². The third-order valence-electron chi connectivity index (χ3n) is 4.52. The predicted octanol–water partition coefficient (Wildman–Crippen LogP) is 3.19. The minimum absolute atomic E-state index is 0.0281. The molecule has 1 aliphatic rings. The molecule has 1 fully saturated rings. The molecule has 3 rings (SSSR count). The molecule has 0 aliphatic carbocycles. The molecule has 2 aromatic rings. The van der Waals surface area contributed by atoms with Crippen molar-refractivity contribution in [1.29, 1.82) is 0 Å². The maximum absolute atomic E-state index is 13.4. The second-order valence-corrected chi connectivity index (χ2v) is 5.94. The zero-order valence-electron chi connectivity index (χ0n) is 14.1. The van der Waals surface area contributed by atoms with E-state index in [1.807, 2.05) is 6.92 Å². The molecular weight excluding hydrogens is 323 g/mol. The van der Waals surface area contributed by atoms with Gasteiger partial charge in [0.05, 0.1) is 13.7 Å². The van der Waals surface area contributed by atoms with E-state index >= 15 is 0 Å². The van der Waals surface area contributed by atoms with Gasteiger partial charge in [0, 0.05) is 0 Å². The molecular formula is C19H19FN2O3. The Hall–Kier alpha value is -2.89. The molecule has 1 saturated heterocycles. The van der Waals surface area contributed by atoms with Crippen LogP contribution in [0, 0.1) is 5.82 Å². The number of methoxy groups -OCH3 is 1. The molecule has 0 bridgehead atoms. The largest absolute Gasteiger partial charge is 0.497 e. The van der Waals surface area contributed by atoms with Gasteiger partial charge < -0.3 is 10.1 Å². The Morgan fingerprint density at radius 3 is 2.48 bits per heavy atom. The van der Waals surface area contributed by atoms with Gasteiger partial charge in [0.2, 0.25) is 0 Å². The van der Waals surface area contributed by atoms with E-state index in [4.69, 9.17) is 4.74 Å². The Morgan fingerprint density at radius 2 is 1.88 bits per heavy atom. The van der Waals surface area contributed by atoms with Crippen molar-refractivity contribution in [2.75, 3.05) is 7.11 Å². The second kappa shape index (κ2) is 6.55. The van der Waals surface area contributed by atoms with Crippen LogP contribution in [0.3, 0.4) is 0 Å². The highest BCUT2D eigenvalue weighted by atomic mass is 19.1. The van der Waals surface area contributed by atoms with E-state index in [-0.39, 0.29) is 12.5 Å². The quantitative estimate of drug-likeness (QED) is 0.849. The van der Waals surface area contributed by atoms with Gasteiger partial charge >= 0.3 is 6.03 Å². The Labute approximate surface area is 145 Å². The summed E-state index contributed by atoms with van der Waals surface area (Å²) in [7, 11) is 1.56. The number of carbonyl (C=O) groups excluding carboxylic acids is 2. The number of benzene rings is 2. The topological polar surface area (TPSA) is 58.6 Å². The van der Waals surface area contributed by atoms with Gasteiger partial charge in [-0.15, -0.1) is 0 Å². The summed E-state index contributed by atoms with van der Waals surface area (Å²) in [5, 5.41) is 2.81. The lowest BCUT2D eigenvalue weighted by molar-refractivity contribution is -0.132. The van der Waals surface area contributed by atoms with Crippen LogP contribution in [0.5, 0.6) is 5.75 Å². The van der Waals surface area contributed by atoms with Crippen LogP contribution in [0.2, 0.25) is 0 Å². The van der Waals surface area contributed by atoms with Gasteiger partial charge in [-0.25, -0.2) is 9.18 Å². The zero-order valence-corrected chi connectivity index (χ0v) is 14.1. The fourth-order valence-corrected chi connectivity index (χ4v) is 3.10. The van der Waals surface area contributed by atoms with Crippen molar-refractivity contribution in [3.8, 4) is 5.75 Å². The average molecular weight is 342 g/mol. The first-order chi connectivity index (χ1) is 12.0. The molecule has 1 aliphatic heterocycles. The summed E-state index contributed by atoms with van der Waals surface area (Å²) < 4.78 is 18.5. The van der Waals surface area contributed by atoms with E-state index in [1.165, 1.54) is 12.1 Å². The van der Waals surface area contributed by atoms with E-state index in [2.05, 4.69) is 5.32 Å². The summed E-state index contributed by atoms with van der Waals surface area (Å²) >= 11 is 0. The van der Waals surface area contributed by atoms with E-state index in [0.29, 0.717) is 23.3 Å². The van der Waals surface area contributed by atoms with Gasteiger partial charge in [0.1, 0.15) is 17.1 Å². The number of hydrogen-bond donors (Lipinski definition) is 1. The van der Waals surface area contributed by atoms with Crippen LogP contribution < -0.4 is 10.1 Å². The lowest BCUT2D eigenvalue weighted by Crippen LogP contribution is -2.43. The number of hydrogen-bond acceptors (Lipinski definition) is 3. The Bertz CT molecular complexity index is 807. The van der Waals surface area contributed by atoms with Crippen LogP contribution in [0.15, 0.2) is 48.5 Å². The Morgan fingerprint density at radius 1 is 1.16 bits per heavy atom. The molecule has 0 aromatic heterocycles. The standard InChI is InChI=1S/C19H19FN2O3/c1-3-19(14-7-9-16(25-2)10-8-14)17(23)22(18(24)21-19)12-13-5-4-6-15(20)11-13/h4-11H,3,12H2,1-2H3,(H,21,24). The number of carbonyl (C=O) groups is 2. The van der Waals surface area contributed by atoms with Gasteiger partial charge in [-0.3, -0.25) is 9.69 Å². The summed E-state index contributed by atoms with van der Waals surface area (Å²) in [6, 6.07) is 12.4. The predicted molar refractivity (Wildman–Crippen MR) is 90.4 cm³/mol. The smallest absolute Gasteiger partial charge is 0.325 e. The fraction of sp³-hybridized carbons (Fsp3) is 0.263. The van der Waals surface area contributed by atoms with Gasteiger partial charge in [-0.1, -0.05) is 31.2 Å². The van der Waals surface area contributed by atoms with Crippen LogP contribution in [-0.4, -0.2) is 23.9 Å². The molecule has 130 valence electrons. The summed E-state index contributed by atoms with van der Waals surface area (Å²) in [6.45, 7) is 1.87. The highest BCUT2D eigenvalue weighted by Gasteiger charge is 2.51. The van der Waals surface area contributed by atoms with Crippen molar-refractivity contribution < 1.29 is 18.7 Å². The molecule has 0 radical (unpaired) electrons. The highest BCUT2D eigenvalue weighted by Crippen LogP contribution is 2.34. The Kier molecular flexibility index (Phi) is 4.44. The van der Waals surface area contributed by atoms with Crippen molar-refractivity contribution in [3.05, 3.63) is 65.5 Å². The minimum atomic E-state index is -1.11. The lowest BCUT2D eigenvalue weighted by atomic mass is 9.87. The van der Waals surface area contributed by atoms with Crippen LogP contribution in [0.25, 0.3) is 0 Å². The van der Waals surface area contributed by atoms with Crippen LogP contribution in [0.1, 0.15) is 24.5 Å². The second-order valence-electron chi connectivity index (χ2n) is 5.94. The SMILES string of the molecule is CCC1(c2ccc(OC)cc2)NC(=O)N(Cc2cccc(F)c2)C1=O. The first-order valence-corrected chi connectivity index (χ1v) is 8.03. The maximum atomic E-state index is 13.4. The molecule has 0 saturated carbocycles. The fourth-order valence-electron chi connectivity index (χ4n) is 3.10. The van der Waals surface area contributed by atoms with Crippen molar-refractivity contribution in [2.24, 2.45) is 0 Å². The van der Waals surface area contributed by atoms with Crippen molar-refractivity contribution in [3.63, 3.8) is 0 Å². The zero-order chi connectivity index (χ0) is 18.0. The first-order valence-electron chi connectivity index (χ1n) is 8.03. The van der Waals surface area contributed by atoms with E-state index in [1.54, 1.807) is 43.5 Å². The molecule has 1 unspecified atom stereocenters. The van der Waals surface area contributed by atoms with E-state index in [9.17, 15) is 14.0 Å². The van der Waals surface area contributed by atoms with Crippen molar-refractivity contribution in [1.82, 2.24) is 10.2 Å². The molecule has 2 aromatic carbocycles. The normalized spacial score (nSPS) is 19.9. The number of urea groups is 1. The van der Waals surface area contributed by atoms with Gasteiger partial charge in [-0.05, 0) is 41.8 Å². The number of halogens is 1. The Balaban J connectivity index is 1.91. The van der Waals surface area contributed by atoms with Gasteiger partial charge in [0.15, 0.2) is 0 Å². The number of nitrogens with zero attached hydrogens (tertiary/aromatic N) is 1. The molecule has 0 spiro atoms. The molecule has 5 nitrogen and oxygen atoms in total. The summed E-state index contributed by atoms with van der Waals surface area (Å²) in [4.78, 5) is 26.6. The molecule has 1 N–H and O–H groups in total.